The van der Waals surface area contributed by atoms with Crippen LogP contribution in [0.4, 0.5) is 0 Å². The third-order valence-electron chi connectivity index (χ3n) is 3.58. The van der Waals surface area contributed by atoms with Gasteiger partial charge in [0.2, 0.25) is 0 Å². The molecule has 28 heavy (non-hydrogen) atoms. The molecule has 0 aromatic carbocycles. The van der Waals surface area contributed by atoms with Gasteiger partial charge < -0.3 is 60.5 Å². The Bertz CT molecular complexity index is 473. The minimum absolute atomic E-state index is 0.834. The third kappa shape index (κ3) is 8.27. The van der Waals surface area contributed by atoms with Crippen LogP contribution in [0.2, 0.25) is 0 Å². The van der Waals surface area contributed by atoms with Crippen LogP contribution in [0.1, 0.15) is 0 Å². The summed E-state index contributed by atoms with van der Waals surface area (Å²) in [5, 5.41) is 93.0. The van der Waals surface area contributed by atoms with Gasteiger partial charge in [0, 0.05) is 0 Å². The third-order valence-corrected chi connectivity index (χ3v) is 3.58. The molecule has 14 nitrogen and oxygen atoms in total. The first-order valence-corrected chi connectivity index (χ1v) is 7.96. The molecule has 0 bridgehead atoms. The number of carboxylic acids is 1. The van der Waals surface area contributed by atoms with Gasteiger partial charge in [0.05, 0.1) is 19.8 Å². The van der Waals surface area contributed by atoms with Gasteiger partial charge >= 0.3 is 11.9 Å². The Hall–Kier alpha value is -1.46. The number of carboxylic acid groups (broad SMARTS) is 1. The monoisotopic (exact) mass is 418 g/mol. The first-order valence-electron chi connectivity index (χ1n) is 7.96. The number of hydrogen-bond acceptors (Lipinski definition) is 13. The first-order chi connectivity index (χ1) is 13.0. The van der Waals surface area contributed by atoms with Crippen molar-refractivity contribution in [3.05, 3.63) is 0 Å². The van der Waals surface area contributed by atoms with Gasteiger partial charge in [-0.3, -0.25) is 0 Å². The summed E-state index contributed by atoms with van der Waals surface area (Å²) in [5.41, 5.74) is 0. The molecule has 0 aliphatic rings. The minimum atomic E-state index is -2.48. The van der Waals surface area contributed by atoms with E-state index < -0.39 is 87.2 Å². The smallest absolute Gasteiger partial charge is 0.338 e. The summed E-state index contributed by atoms with van der Waals surface area (Å²) in [6, 6.07) is 0. The number of aliphatic carboxylic acids is 1. The summed E-state index contributed by atoms with van der Waals surface area (Å²) >= 11 is 0. The molecule has 0 aromatic heterocycles. The molecule has 0 rings (SSSR count). The second kappa shape index (κ2) is 12.9. The summed E-state index contributed by atoms with van der Waals surface area (Å²) < 4.78 is 9.26. The highest BCUT2D eigenvalue weighted by molar-refractivity contribution is 5.75. The van der Waals surface area contributed by atoms with Crippen molar-refractivity contribution < 1.29 is 70.1 Å². The van der Waals surface area contributed by atoms with Crippen molar-refractivity contribution in [3.8, 4) is 0 Å². The topological polar surface area (TPSA) is 255 Å². The lowest BCUT2D eigenvalue weighted by atomic mass is 10.0. The zero-order valence-corrected chi connectivity index (χ0v) is 14.6. The van der Waals surface area contributed by atoms with E-state index in [9.17, 15) is 45.3 Å². The van der Waals surface area contributed by atoms with Gasteiger partial charge in [0.15, 0.2) is 12.2 Å². The van der Waals surface area contributed by atoms with Gasteiger partial charge in [-0.05, 0) is 0 Å². The largest absolute Gasteiger partial charge is 0.480 e. The van der Waals surface area contributed by atoms with E-state index in [0.717, 1.165) is 0 Å². The highest BCUT2D eigenvalue weighted by Crippen LogP contribution is 2.13. The zero-order chi connectivity index (χ0) is 22.0. The van der Waals surface area contributed by atoms with Crippen LogP contribution in [0.3, 0.4) is 0 Å². The standard InChI is InChI=1S/C14H26O14/c15-1-5(17)9(21)11(23)7(3-27-4-8(19)20)28-14(26)13(25)12(24)10(22)6(18)2-16/h5-7,9-13,15-18,21-25H,1-4H2,(H,19,20)/t5-,6-,7+,9-,10-,11-,12+,13-/m1/s1. The van der Waals surface area contributed by atoms with E-state index in [4.69, 9.17) is 15.3 Å². The molecule has 0 aliphatic carbocycles. The maximum Gasteiger partial charge on any atom is 0.338 e. The first kappa shape index (κ1) is 26.5. The zero-order valence-electron chi connectivity index (χ0n) is 14.6. The minimum Gasteiger partial charge on any atom is -0.480 e. The fraction of sp³-hybridized carbons (Fsp3) is 0.857. The Kier molecular flexibility index (Phi) is 12.2. The molecule has 0 spiro atoms. The summed E-state index contributed by atoms with van der Waals surface area (Å²) in [4.78, 5) is 22.4. The van der Waals surface area contributed by atoms with Crippen LogP contribution in [-0.2, 0) is 19.1 Å². The van der Waals surface area contributed by atoms with E-state index in [-0.39, 0.29) is 0 Å². The van der Waals surface area contributed by atoms with Crippen molar-refractivity contribution in [2.75, 3.05) is 26.4 Å². The highest BCUT2D eigenvalue weighted by Gasteiger charge is 2.39. The van der Waals surface area contributed by atoms with E-state index >= 15 is 0 Å². The van der Waals surface area contributed by atoms with Crippen molar-refractivity contribution in [1.29, 1.82) is 0 Å². The number of ether oxygens (including phenoxy) is 2. The molecular formula is C14H26O14. The van der Waals surface area contributed by atoms with Crippen molar-refractivity contribution in [2.24, 2.45) is 0 Å². The van der Waals surface area contributed by atoms with Crippen LogP contribution in [0.25, 0.3) is 0 Å². The average Bonchev–Trinajstić information content (AvgIpc) is 2.68. The average molecular weight is 418 g/mol. The Labute approximate surface area is 158 Å². The van der Waals surface area contributed by atoms with E-state index in [0.29, 0.717) is 0 Å². The molecule has 0 unspecified atom stereocenters. The van der Waals surface area contributed by atoms with E-state index in [2.05, 4.69) is 9.47 Å². The molecular weight excluding hydrogens is 392 g/mol. The number of aliphatic hydroxyl groups excluding tert-OH is 9. The molecule has 0 amide bonds. The van der Waals surface area contributed by atoms with Crippen LogP contribution in [-0.4, -0.2) is 138 Å². The molecule has 0 aliphatic heterocycles. The molecule has 0 heterocycles. The number of carbonyl (C=O) groups is 2. The van der Waals surface area contributed by atoms with Crippen LogP contribution in [0, 0.1) is 0 Å². The van der Waals surface area contributed by atoms with Gasteiger partial charge in [-0.25, -0.2) is 9.59 Å². The highest BCUT2D eigenvalue weighted by atomic mass is 16.6. The molecule has 0 fully saturated rings. The number of esters is 1. The molecule has 10 N–H and O–H groups in total. The van der Waals surface area contributed by atoms with Gasteiger partial charge in [-0.2, -0.15) is 0 Å². The van der Waals surface area contributed by atoms with Crippen molar-refractivity contribution in [2.45, 2.75) is 48.8 Å². The van der Waals surface area contributed by atoms with Crippen LogP contribution >= 0.6 is 0 Å². The molecule has 0 radical (unpaired) electrons. The Morgan fingerprint density at radius 1 is 0.750 bits per heavy atom. The van der Waals surface area contributed by atoms with E-state index in [1.807, 2.05) is 0 Å². The Morgan fingerprint density at radius 2 is 1.21 bits per heavy atom. The van der Waals surface area contributed by atoms with Gasteiger partial charge in [0.25, 0.3) is 0 Å². The molecule has 0 saturated carbocycles. The fourth-order valence-corrected chi connectivity index (χ4v) is 1.90. The lowest BCUT2D eigenvalue weighted by Crippen LogP contribution is -2.53. The van der Waals surface area contributed by atoms with Gasteiger partial charge in [0.1, 0.15) is 43.2 Å². The van der Waals surface area contributed by atoms with Crippen LogP contribution in [0.5, 0.6) is 0 Å². The SMILES string of the molecule is O=C(O)COC[C@H](OC(=O)[C@H](O)[C@@H](O)[C@H](O)[C@H](O)CO)[C@@H](O)[C@H](O)[C@H](O)CO. The lowest BCUT2D eigenvalue weighted by Gasteiger charge is -2.30. The number of hydrogen-bond donors (Lipinski definition) is 10. The number of carbonyl (C=O) groups excluding carboxylic acids is 1. The molecule has 0 saturated heterocycles. The molecule has 166 valence electrons. The van der Waals surface area contributed by atoms with Crippen molar-refractivity contribution >= 4 is 11.9 Å². The maximum atomic E-state index is 11.9. The number of rotatable bonds is 14. The second-order valence-corrected chi connectivity index (χ2v) is 5.79. The normalized spacial score (nSPS) is 20.3. The van der Waals surface area contributed by atoms with Crippen molar-refractivity contribution in [1.82, 2.24) is 0 Å². The summed E-state index contributed by atoms with van der Waals surface area (Å²) in [5.74, 6) is -3.10. The predicted octanol–water partition coefficient (Wildman–Crippen LogP) is -6.49. The van der Waals surface area contributed by atoms with Crippen molar-refractivity contribution in [3.63, 3.8) is 0 Å². The molecule has 14 heteroatoms. The molecule has 0 aromatic rings. The van der Waals surface area contributed by atoms with E-state index in [1.54, 1.807) is 0 Å². The number of aliphatic hydroxyl groups is 9. The second-order valence-electron chi connectivity index (χ2n) is 5.79. The van der Waals surface area contributed by atoms with Gasteiger partial charge in [-0.15, -0.1) is 0 Å². The maximum absolute atomic E-state index is 11.9. The van der Waals surface area contributed by atoms with E-state index in [1.165, 1.54) is 0 Å². The lowest BCUT2D eigenvalue weighted by molar-refractivity contribution is -0.192. The molecule has 8 atom stereocenters. The fourth-order valence-electron chi connectivity index (χ4n) is 1.90. The quantitative estimate of drug-likeness (QED) is 0.118. The predicted molar refractivity (Wildman–Crippen MR) is 84.6 cm³/mol. The van der Waals surface area contributed by atoms with Gasteiger partial charge in [-0.1, -0.05) is 0 Å². The Morgan fingerprint density at radius 3 is 1.64 bits per heavy atom. The van der Waals surface area contributed by atoms with Crippen LogP contribution < -0.4 is 0 Å². The van der Waals surface area contributed by atoms with Crippen LogP contribution in [0.15, 0.2) is 0 Å². The Balaban J connectivity index is 5.17. The summed E-state index contributed by atoms with van der Waals surface area (Å²) in [6.07, 6.45) is -16.8. The summed E-state index contributed by atoms with van der Waals surface area (Å²) in [6.45, 7) is -3.72. The summed E-state index contributed by atoms with van der Waals surface area (Å²) in [7, 11) is 0.